The van der Waals surface area contributed by atoms with Crippen molar-refractivity contribution >= 4 is 0 Å². The van der Waals surface area contributed by atoms with Gasteiger partial charge < -0.3 is 15.7 Å². The molecule has 0 radical (unpaired) electrons. The van der Waals surface area contributed by atoms with Crippen molar-refractivity contribution < 1.29 is 5.11 Å². The topological polar surface area (TPSA) is 44.3 Å². The van der Waals surface area contributed by atoms with Gasteiger partial charge in [-0.1, -0.05) is 12.8 Å². The van der Waals surface area contributed by atoms with Crippen LogP contribution in [0, 0.1) is 0 Å². The number of aliphatic hydroxyl groups is 1. The van der Waals surface area contributed by atoms with E-state index >= 15 is 0 Å². The van der Waals surface area contributed by atoms with E-state index in [1.54, 1.807) is 0 Å². The number of piperidine rings is 1. The van der Waals surface area contributed by atoms with Crippen LogP contribution < -0.4 is 10.6 Å². The predicted molar refractivity (Wildman–Crippen MR) is 57.3 cm³/mol. The van der Waals surface area contributed by atoms with Crippen LogP contribution in [0.2, 0.25) is 0 Å². The van der Waals surface area contributed by atoms with E-state index < -0.39 is 0 Å². The average Bonchev–Trinajstić information content (AvgIpc) is 2.23. The lowest BCUT2D eigenvalue weighted by Crippen LogP contribution is -2.50. The maximum atomic E-state index is 9.82. The third kappa shape index (κ3) is 2.69. The monoisotopic (exact) mass is 198 g/mol. The van der Waals surface area contributed by atoms with Crippen molar-refractivity contribution in [3.63, 3.8) is 0 Å². The minimum absolute atomic E-state index is 0.0985. The Morgan fingerprint density at radius 3 is 2.43 bits per heavy atom. The van der Waals surface area contributed by atoms with E-state index in [4.69, 9.17) is 0 Å². The highest BCUT2D eigenvalue weighted by molar-refractivity contribution is 4.85. The van der Waals surface area contributed by atoms with Crippen molar-refractivity contribution in [3.05, 3.63) is 0 Å². The second-order valence-electron chi connectivity index (χ2n) is 4.65. The minimum atomic E-state index is -0.0985. The molecule has 0 spiro atoms. The molecule has 3 N–H and O–H groups in total. The van der Waals surface area contributed by atoms with Gasteiger partial charge in [0, 0.05) is 12.1 Å². The number of rotatable bonds is 2. The molecule has 1 saturated heterocycles. The summed E-state index contributed by atoms with van der Waals surface area (Å²) < 4.78 is 0. The molecule has 3 heteroatoms. The van der Waals surface area contributed by atoms with Crippen LogP contribution in [-0.4, -0.2) is 36.4 Å². The fourth-order valence-electron chi connectivity index (χ4n) is 2.60. The lowest BCUT2D eigenvalue weighted by atomic mass is 9.91. The van der Waals surface area contributed by atoms with Gasteiger partial charge in [-0.05, 0) is 38.8 Å². The third-order valence-corrected chi connectivity index (χ3v) is 3.52. The Morgan fingerprint density at radius 1 is 1.00 bits per heavy atom. The van der Waals surface area contributed by atoms with Crippen LogP contribution in [0.5, 0.6) is 0 Å². The van der Waals surface area contributed by atoms with E-state index in [0.29, 0.717) is 12.1 Å². The molecule has 1 saturated carbocycles. The molecule has 2 aliphatic rings. The van der Waals surface area contributed by atoms with Gasteiger partial charge >= 0.3 is 0 Å². The Morgan fingerprint density at radius 2 is 1.71 bits per heavy atom. The van der Waals surface area contributed by atoms with Gasteiger partial charge in [0.05, 0.1) is 6.10 Å². The van der Waals surface area contributed by atoms with Crippen molar-refractivity contribution in [2.45, 2.75) is 56.7 Å². The molecule has 2 atom stereocenters. The molecule has 2 unspecified atom stereocenters. The molecule has 2 rings (SSSR count). The summed E-state index contributed by atoms with van der Waals surface area (Å²) >= 11 is 0. The number of hydrogen-bond donors (Lipinski definition) is 3. The van der Waals surface area contributed by atoms with Crippen molar-refractivity contribution in [1.29, 1.82) is 0 Å². The maximum Gasteiger partial charge on any atom is 0.0693 e. The average molecular weight is 198 g/mol. The molecule has 0 aromatic carbocycles. The highest BCUT2D eigenvalue weighted by Gasteiger charge is 2.25. The standard InChI is InChI=1S/C11H22N2O/c14-11-4-2-1-3-10(11)13-9-5-7-12-8-6-9/h9-14H,1-8H2. The van der Waals surface area contributed by atoms with E-state index in [9.17, 15) is 5.11 Å². The molecule has 0 aromatic heterocycles. The minimum Gasteiger partial charge on any atom is -0.392 e. The maximum absolute atomic E-state index is 9.82. The first-order valence-corrected chi connectivity index (χ1v) is 6.01. The van der Waals surface area contributed by atoms with E-state index in [0.717, 1.165) is 25.9 Å². The Labute approximate surface area is 86.3 Å². The Kier molecular flexibility index (Phi) is 3.79. The van der Waals surface area contributed by atoms with Crippen molar-refractivity contribution in [3.8, 4) is 0 Å². The first-order valence-electron chi connectivity index (χ1n) is 6.01. The smallest absolute Gasteiger partial charge is 0.0693 e. The molecule has 1 aliphatic heterocycles. The Bertz CT molecular complexity index is 169. The summed E-state index contributed by atoms with van der Waals surface area (Å²) in [7, 11) is 0. The number of hydrogen-bond acceptors (Lipinski definition) is 3. The summed E-state index contributed by atoms with van der Waals surface area (Å²) in [6.45, 7) is 2.25. The molecule has 2 fully saturated rings. The largest absolute Gasteiger partial charge is 0.392 e. The molecule has 0 amide bonds. The van der Waals surface area contributed by atoms with Crippen LogP contribution in [0.15, 0.2) is 0 Å². The van der Waals surface area contributed by atoms with Gasteiger partial charge in [0.25, 0.3) is 0 Å². The zero-order valence-corrected chi connectivity index (χ0v) is 8.84. The highest BCUT2D eigenvalue weighted by atomic mass is 16.3. The molecule has 0 bridgehead atoms. The summed E-state index contributed by atoms with van der Waals surface area (Å²) in [5.41, 5.74) is 0. The first kappa shape index (κ1) is 10.4. The quantitative estimate of drug-likeness (QED) is 0.610. The molecular weight excluding hydrogens is 176 g/mol. The third-order valence-electron chi connectivity index (χ3n) is 3.52. The predicted octanol–water partition coefficient (Wildman–Crippen LogP) is 0.631. The molecule has 0 aromatic rings. The summed E-state index contributed by atoms with van der Waals surface area (Å²) in [5.74, 6) is 0. The summed E-state index contributed by atoms with van der Waals surface area (Å²) in [6.07, 6.45) is 6.95. The van der Waals surface area contributed by atoms with Crippen molar-refractivity contribution in [2.75, 3.05) is 13.1 Å². The van der Waals surface area contributed by atoms with Gasteiger partial charge in [0.2, 0.25) is 0 Å². The zero-order chi connectivity index (χ0) is 9.80. The summed E-state index contributed by atoms with van der Waals surface area (Å²) in [4.78, 5) is 0. The van der Waals surface area contributed by atoms with Crippen LogP contribution in [0.3, 0.4) is 0 Å². The zero-order valence-electron chi connectivity index (χ0n) is 8.84. The van der Waals surface area contributed by atoms with Crippen LogP contribution in [0.25, 0.3) is 0 Å². The number of aliphatic hydroxyl groups excluding tert-OH is 1. The van der Waals surface area contributed by atoms with Crippen molar-refractivity contribution in [1.82, 2.24) is 10.6 Å². The number of nitrogens with one attached hydrogen (secondary N) is 2. The SMILES string of the molecule is OC1CCCCC1NC1CCNCC1. The second kappa shape index (κ2) is 5.10. The Balaban J connectivity index is 1.76. The molecule has 82 valence electrons. The van der Waals surface area contributed by atoms with E-state index in [1.807, 2.05) is 0 Å². The normalized spacial score (nSPS) is 35.8. The van der Waals surface area contributed by atoms with E-state index in [1.165, 1.54) is 25.7 Å². The van der Waals surface area contributed by atoms with Gasteiger partial charge in [-0.25, -0.2) is 0 Å². The second-order valence-corrected chi connectivity index (χ2v) is 4.65. The molecule has 1 aliphatic carbocycles. The van der Waals surface area contributed by atoms with Crippen LogP contribution in [0.1, 0.15) is 38.5 Å². The molecule has 14 heavy (non-hydrogen) atoms. The van der Waals surface area contributed by atoms with Crippen LogP contribution >= 0.6 is 0 Å². The Hall–Kier alpha value is -0.120. The lowest BCUT2D eigenvalue weighted by molar-refractivity contribution is 0.0822. The van der Waals surface area contributed by atoms with Crippen LogP contribution in [0.4, 0.5) is 0 Å². The molecular formula is C11H22N2O. The summed E-state index contributed by atoms with van der Waals surface area (Å²) in [6, 6.07) is 1.00. The highest BCUT2D eigenvalue weighted by Crippen LogP contribution is 2.19. The summed E-state index contributed by atoms with van der Waals surface area (Å²) in [5, 5.41) is 16.8. The fraction of sp³-hybridized carbons (Fsp3) is 1.00. The molecule has 3 nitrogen and oxygen atoms in total. The van der Waals surface area contributed by atoms with Gasteiger partial charge in [-0.15, -0.1) is 0 Å². The van der Waals surface area contributed by atoms with Gasteiger partial charge in [-0.3, -0.25) is 0 Å². The molecule has 1 heterocycles. The van der Waals surface area contributed by atoms with Crippen molar-refractivity contribution in [2.24, 2.45) is 0 Å². The van der Waals surface area contributed by atoms with Gasteiger partial charge in [-0.2, -0.15) is 0 Å². The lowest BCUT2D eigenvalue weighted by Gasteiger charge is -2.34. The van der Waals surface area contributed by atoms with E-state index in [-0.39, 0.29) is 6.10 Å². The first-order chi connectivity index (χ1) is 6.86. The van der Waals surface area contributed by atoms with Gasteiger partial charge in [0.15, 0.2) is 0 Å². The fourth-order valence-corrected chi connectivity index (χ4v) is 2.60. The van der Waals surface area contributed by atoms with Crippen LogP contribution in [-0.2, 0) is 0 Å². The van der Waals surface area contributed by atoms with E-state index in [2.05, 4.69) is 10.6 Å². The van der Waals surface area contributed by atoms with Gasteiger partial charge in [0.1, 0.15) is 0 Å².